The van der Waals surface area contributed by atoms with Crippen molar-refractivity contribution in [3.8, 4) is 0 Å². The van der Waals surface area contributed by atoms with Crippen molar-refractivity contribution in [2.75, 3.05) is 19.6 Å². The first kappa shape index (κ1) is 15.3. The molecule has 0 radical (unpaired) electrons. The van der Waals surface area contributed by atoms with Crippen molar-refractivity contribution in [1.82, 2.24) is 10.2 Å². The lowest BCUT2D eigenvalue weighted by molar-refractivity contribution is 0.0906. The number of hydrogen-bond acceptors (Lipinski definition) is 2. The minimum atomic E-state index is -0.441. The first-order valence-electron chi connectivity index (χ1n) is 7.00. The van der Waals surface area contributed by atoms with Crippen molar-refractivity contribution in [1.29, 1.82) is 0 Å². The highest BCUT2D eigenvalue weighted by Gasteiger charge is 2.29. The second kappa shape index (κ2) is 6.11. The van der Waals surface area contributed by atoms with Gasteiger partial charge in [-0.25, -0.2) is 9.18 Å². The van der Waals surface area contributed by atoms with E-state index >= 15 is 0 Å². The van der Waals surface area contributed by atoms with Gasteiger partial charge in [-0.2, -0.15) is 0 Å². The summed E-state index contributed by atoms with van der Waals surface area (Å²) in [7, 11) is 0. The Bertz CT molecular complexity index is 554. The molecule has 1 aromatic carbocycles. The number of primary amides is 1. The molecule has 1 saturated heterocycles. The normalized spacial score (nSPS) is 15.0. The molecule has 0 saturated carbocycles. The Morgan fingerprint density at radius 1 is 1.43 bits per heavy atom. The van der Waals surface area contributed by atoms with Crippen LogP contribution in [0, 0.1) is 11.7 Å². The number of halogens is 1. The number of hydrogen-bond donors (Lipinski definition) is 2. The summed E-state index contributed by atoms with van der Waals surface area (Å²) < 4.78 is 13.8. The van der Waals surface area contributed by atoms with Gasteiger partial charge in [0.05, 0.1) is 0 Å². The highest BCUT2D eigenvalue weighted by Crippen LogP contribution is 2.19. The molecule has 0 aromatic heterocycles. The minimum Gasteiger partial charge on any atom is -0.352 e. The molecule has 1 aliphatic heterocycles. The summed E-state index contributed by atoms with van der Waals surface area (Å²) in [5.41, 5.74) is 6.03. The van der Waals surface area contributed by atoms with Crippen molar-refractivity contribution < 1.29 is 14.0 Å². The van der Waals surface area contributed by atoms with Gasteiger partial charge in [0.2, 0.25) is 0 Å². The van der Waals surface area contributed by atoms with E-state index in [2.05, 4.69) is 5.32 Å². The van der Waals surface area contributed by atoms with Crippen LogP contribution in [0.3, 0.4) is 0 Å². The maximum atomic E-state index is 13.8. The molecule has 1 aliphatic rings. The molecule has 114 valence electrons. The number of likely N-dealkylation sites (tertiary alicyclic amines) is 1. The van der Waals surface area contributed by atoms with Crippen molar-refractivity contribution in [3.63, 3.8) is 0 Å². The Morgan fingerprint density at radius 3 is 2.62 bits per heavy atom. The van der Waals surface area contributed by atoms with Crippen LogP contribution in [-0.4, -0.2) is 36.5 Å². The molecule has 1 aromatic rings. The van der Waals surface area contributed by atoms with Crippen LogP contribution >= 0.6 is 0 Å². The zero-order valence-corrected chi connectivity index (χ0v) is 12.2. The maximum absolute atomic E-state index is 13.8. The van der Waals surface area contributed by atoms with E-state index < -0.39 is 6.03 Å². The van der Waals surface area contributed by atoms with E-state index in [4.69, 9.17) is 5.73 Å². The molecule has 5 nitrogen and oxygen atoms in total. The summed E-state index contributed by atoms with van der Waals surface area (Å²) >= 11 is 0. The molecule has 0 spiro atoms. The lowest BCUT2D eigenvalue weighted by Crippen LogP contribution is -2.55. The van der Waals surface area contributed by atoms with Crippen molar-refractivity contribution in [3.05, 3.63) is 35.1 Å². The molecular weight excluding hydrogens is 273 g/mol. The topological polar surface area (TPSA) is 75.4 Å². The minimum absolute atomic E-state index is 0.0804. The molecule has 0 bridgehead atoms. The smallest absolute Gasteiger partial charge is 0.314 e. The summed E-state index contributed by atoms with van der Waals surface area (Å²) in [6.07, 6.45) is 0. The lowest BCUT2D eigenvalue weighted by Gasteiger charge is -2.37. The molecule has 6 heteroatoms. The number of urea groups is 1. The van der Waals surface area contributed by atoms with Crippen molar-refractivity contribution in [2.24, 2.45) is 11.7 Å². The van der Waals surface area contributed by atoms with Crippen LogP contribution in [0.1, 0.15) is 35.7 Å². The van der Waals surface area contributed by atoms with E-state index in [1.165, 1.54) is 11.0 Å². The number of rotatable bonds is 4. The number of nitrogens with two attached hydrogens (primary N) is 1. The molecule has 0 aliphatic carbocycles. The van der Waals surface area contributed by atoms with Gasteiger partial charge in [-0.3, -0.25) is 4.79 Å². The molecule has 0 atom stereocenters. The van der Waals surface area contributed by atoms with E-state index in [9.17, 15) is 14.0 Å². The summed E-state index contributed by atoms with van der Waals surface area (Å²) in [6.45, 7) is 5.36. The Labute approximate surface area is 123 Å². The predicted molar refractivity (Wildman–Crippen MR) is 77.5 cm³/mol. The van der Waals surface area contributed by atoms with Crippen LogP contribution in [0.5, 0.6) is 0 Å². The van der Waals surface area contributed by atoms with Crippen LogP contribution in [-0.2, 0) is 0 Å². The van der Waals surface area contributed by atoms with Crippen LogP contribution in [0.25, 0.3) is 0 Å². The third-order valence-electron chi connectivity index (χ3n) is 3.70. The largest absolute Gasteiger partial charge is 0.352 e. The summed E-state index contributed by atoms with van der Waals surface area (Å²) in [4.78, 5) is 24.3. The average molecular weight is 293 g/mol. The van der Waals surface area contributed by atoms with Crippen molar-refractivity contribution >= 4 is 11.9 Å². The van der Waals surface area contributed by atoms with Crippen LogP contribution in [0.15, 0.2) is 18.2 Å². The zero-order chi connectivity index (χ0) is 15.6. The molecule has 0 unspecified atom stereocenters. The maximum Gasteiger partial charge on any atom is 0.314 e. The quantitative estimate of drug-likeness (QED) is 0.886. The van der Waals surface area contributed by atoms with Crippen LogP contribution in [0.4, 0.5) is 9.18 Å². The van der Waals surface area contributed by atoms with E-state index in [1.54, 1.807) is 12.1 Å². The van der Waals surface area contributed by atoms with Crippen LogP contribution in [0.2, 0.25) is 0 Å². The van der Waals surface area contributed by atoms with Crippen molar-refractivity contribution in [2.45, 2.75) is 19.8 Å². The Balaban J connectivity index is 1.87. The number of nitrogens with zero attached hydrogens (tertiary/aromatic N) is 1. The first-order chi connectivity index (χ1) is 9.88. The molecule has 1 fully saturated rings. The molecule has 3 N–H and O–H groups in total. The van der Waals surface area contributed by atoms with Gasteiger partial charge in [-0.1, -0.05) is 19.9 Å². The molecule has 1 heterocycles. The second-order valence-electron chi connectivity index (χ2n) is 5.71. The monoisotopic (exact) mass is 293 g/mol. The van der Waals surface area contributed by atoms with E-state index in [-0.39, 0.29) is 23.6 Å². The fraction of sp³-hybridized carbons (Fsp3) is 0.467. The number of carbonyl (C=O) groups is 2. The second-order valence-corrected chi connectivity index (χ2v) is 5.71. The molecular formula is C15H20FN3O2. The Kier molecular flexibility index (Phi) is 4.45. The summed E-state index contributed by atoms with van der Waals surface area (Å²) in [6, 6.07) is 4.10. The Hall–Kier alpha value is -2.11. The van der Waals surface area contributed by atoms with E-state index in [0.29, 0.717) is 30.8 Å². The average Bonchev–Trinajstić information content (AvgIpc) is 2.35. The lowest BCUT2D eigenvalue weighted by atomic mass is 9.99. The zero-order valence-electron chi connectivity index (χ0n) is 12.2. The van der Waals surface area contributed by atoms with Gasteiger partial charge in [-0.15, -0.1) is 0 Å². The third kappa shape index (κ3) is 3.51. The Morgan fingerprint density at radius 2 is 2.10 bits per heavy atom. The van der Waals surface area contributed by atoms with Gasteiger partial charge in [0, 0.05) is 31.1 Å². The number of amides is 3. The highest BCUT2D eigenvalue weighted by atomic mass is 19.1. The fourth-order valence-corrected chi connectivity index (χ4v) is 2.35. The van der Waals surface area contributed by atoms with Gasteiger partial charge >= 0.3 is 6.03 Å². The molecule has 3 amide bonds. The van der Waals surface area contributed by atoms with Gasteiger partial charge < -0.3 is 16.0 Å². The standard InChI is InChI=1S/C15H20FN3O2/c1-9(2)12-4-3-11(5-13(12)16)14(20)18-6-10-7-19(8-10)15(17)21/h3-5,9-10H,6-8H2,1-2H3,(H2,17,21)(H,18,20). The number of nitrogens with one attached hydrogen (secondary N) is 1. The fourth-order valence-electron chi connectivity index (χ4n) is 2.35. The third-order valence-corrected chi connectivity index (χ3v) is 3.70. The van der Waals surface area contributed by atoms with E-state index in [0.717, 1.165) is 0 Å². The van der Waals surface area contributed by atoms with Gasteiger partial charge in [0.25, 0.3) is 5.91 Å². The first-order valence-corrected chi connectivity index (χ1v) is 7.00. The van der Waals surface area contributed by atoms with Gasteiger partial charge in [-0.05, 0) is 23.6 Å². The van der Waals surface area contributed by atoms with Gasteiger partial charge in [0.1, 0.15) is 5.82 Å². The van der Waals surface area contributed by atoms with Crippen LogP contribution < -0.4 is 11.1 Å². The number of benzene rings is 1. The predicted octanol–water partition coefficient (Wildman–Crippen LogP) is 1.69. The summed E-state index contributed by atoms with van der Waals surface area (Å²) in [5, 5.41) is 2.75. The number of carbonyl (C=O) groups excluding carboxylic acids is 2. The highest BCUT2D eigenvalue weighted by molar-refractivity contribution is 5.94. The molecule has 21 heavy (non-hydrogen) atoms. The van der Waals surface area contributed by atoms with E-state index in [1.807, 2.05) is 13.8 Å². The van der Waals surface area contributed by atoms with Gasteiger partial charge in [0.15, 0.2) is 0 Å². The molecule has 2 rings (SSSR count). The SMILES string of the molecule is CC(C)c1ccc(C(=O)NCC2CN(C(N)=O)C2)cc1F. The summed E-state index contributed by atoms with van der Waals surface area (Å²) in [5.74, 6) is -0.374.